The van der Waals surface area contributed by atoms with Crippen molar-refractivity contribution in [1.82, 2.24) is 15.0 Å². The molecule has 1 atom stereocenters. The number of nitrogens with zero attached hydrogens (tertiary/aromatic N) is 4. The van der Waals surface area contributed by atoms with Gasteiger partial charge in [0.1, 0.15) is 5.82 Å². The Hall–Kier alpha value is -2.99. The maximum Gasteiger partial charge on any atom is 0.308 e. The second kappa shape index (κ2) is 7.32. The first-order valence-corrected chi connectivity index (χ1v) is 9.01. The lowest BCUT2D eigenvalue weighted by Crippen LogP contribution is -2.23. The largest absolute Gasteiger partial charge is 0.481 e. The van der Waals surface area contributed by atoms with Crippen molar-refractivity contribution in [1.29, 1.82) is 0 Å². The first-order valence-electron chi connectivity index (χ1n) is 8.63. The fourth-order valence-electron chi connectivity index (χ4n) is 3.16. The SMILES string of the molecule is O=C(O)C1CCN(c2cc(-c3ccc(Cl)cc3)nc(-c3cccnc3)n2)C1. The molecule has 3 aromatic rings. The van der Waals surface area contributed by atoms with Gasteiger partial charge in [-0.3, -0.25) is 9.78 Å². The highest BCUT2D eigenvalue weighted by Crippen LogP contribution is 2.29. The van der Waals surface area contributed by atoms with E-state index in [2.05, 4.69) is 9.97 Å². The molecule has 2 aromatic heterocycles. The summed E-state index contributed by atoms with van der Waals surface area (Å²) in [5.74, 6) is 0.139. The van der Waals surface area contributed by atoms with Crippen molar-refractivity contribution in [3.8, 4) is 22.6 Å². The second-order valence-electron chi connectivity index (χ2n) is 6.45. The van der Waals surface area contributed by atoms with Gasteiger partial charge in [0.25, 0.3) is 0 Å². The number of carboxylic acid groups (broad SMARTS) is 1. The molecule has 1 fully saturated rings. The van der Waals surface area contributed by atoms with Crippen LogP contribution in [0.15, 0.2) is 54.9 Å². The maximum atomic E-state index is 11.3. The van der Waals surface area contributed by atoms with Crippen molar-refractivity contribution in [2.24, 2.45) is 5.92 Å². The molecule has 4 rings (SSSR count). The number of rotatable bonds is 4. The van der Waals surface area contributed by atoms with Gasteiger partial charge in [-0.05, 0) is 30.7 Å². The summed E-state index contributed by atoms with van der Waals surface area (Å²) in [6.07, 6.45) is 4.03. The molecule has 1 N–H and O–H groups in total. The third-order valence-corrected chi connectivity index (χ3v) is 4.89. The molecular formula is C20H17ClN4O2. The number of benzene rings is 1. The van der Waals surface area contributed by atoms with Crippen molar-refractivity contribution < 1.29 is 9.90 Å². The summed E-state index contributed by atoms with van der Waals surface area (Å²) in [6.45, 7) is 1.10. The fourth-order valence-corrected chi connectivity index (χ4v) is 3.29. The van der Waals surface area contributed by atoms with Crippen LogP contribution in [0.3, 0.4) is 0 Å². The molecule has 27 heavy (non-hydrogen) atoms. The summed E-state index contributed by atoms with van der Waals surface area (Å²) in [6, 6.07) is 13.1. The normalized spacial score (nSPS) is 16.5. The zero-order valence-electron chi connectivity index (χ0n) is 14.4. The van der Waals surface area contributed by atoms with Crippen LogP contribution in [0.2, 0.25) is 5.02 Å². The van der Waals surface area contributed by atoms with Crippen LogP contribution in [0, 0.1) is 5.92 Å². The molecule has 0 saturated carbocycles. The third kappa shape index (κ3) is 3.75. The van der Waals surface area contributed by atoms with Gasteiger partial charge >= 0.3 is 5.97 Å². The quantitative estimate of drug-likeness (QED) is 0.742. The summed E-state index contributed by atoms with van der Waals surface area (Å²) < 4.78 is 0. The summed E-state index contributed by atoms with van der Waals surface area (Å²) in [5.41, 5.74) is 2.49. The van der Waals surface area contributed by atoms with E-state index in [-0.39, 0.29) is 5.92 Å². The topological polar surface area (TPSA) is 79.2 Å². The zero-order valence-corrected chi connectivity index (χ0v) is 15.2. The van der Waals surface area contributed by atoms with E-state index in [0.717, 1.165) is 22.6 Å². The number of carboxylic acids is 1. The minimum Gasteiger partial charge on any atom is -0.481 e. The van der Waals surface area contributed by atoms with Crippen molar-refractivity contribution in [2.75, 3.05) is 18.0 Å². The van der Waals surface area contributed by atoms with Crippen LogP contribution in [-0.4, -0.2) is 39.1 Å². The molecule has 1 aliphatic heterocycles. The second-order valence-corrected chi connectivity index (χ2v) is 6.89. The van der Waals surface area contributed by atoms with Gasteiger partial charge in [-0.15, -0.1) is 0 Å². The Balaban J connectivity index is 1.77. The molecule has 1 unspecified atom stereocenters. The summed E-state index contributed by atoms with van der Waals surface area (Å²) in [7, 11) is 0. The Bertz CT molecular complexity index is 963. The van der Waals surface area contributed by atoms with Gasteiger partial charge in [0.2, 0.25) is 0 Å². The molecule has 1 saturated heterocycles. The number of hydrogen-bond acceptors (Lipinski definition) is 5. The lowest BCUT2D eigenvalue weighted by atomic mass is 10.1. The van der Waals surface area contributed by atoms with E-state index in [9.17, 15) is 9.90 Å². The van der Waals surface area contributed by atoms with Crippen molar-refractivity contribution >= 4 is 23.4 Å². The number of anilines is 1. The van der Waals surface area contributed by atoms with Crippen LogP contribution in [0.5, 0.6) is 0 Å². The predicted molar refractivity (Wildman–Crippen MR) is 104 cm³/mol. The predicted octanol–water partition coefficient (Wildman–Crippen LogP) is 3.77. The molecule has 0 spiro atoms. The average Bonchev–Trinajstić information content (AvgIpc) is 3.20. The van der Waals surface area contributed by atoms with Gasteiger partial charge in [0, 0.05) is 47.7 Å². The smallest absolute Gasteiger partial charge is 0.308 e. The van der Waals surface area contributed by atoms with Crippen LogP contribution in [0.1, 0.15) is 6.42 Å². The summed E-state index contributed by atoms with van der Waals surface area (Å²) in [4.78, 5) is 26.8. The molecule has 3 heterocycles. The van der Waals surface area contributed by atoms with Gasteiger partial charge in [0.05, 0.1) is 11.6 Å². The molecule has 0 amide bonds. The van der Waals surface area contributed by atoms with E-state index in [1.54, 1.807) is 12.4 Å². The number of aromatic nitrogens is 3. The first-order chi connectivity index (χ1) is 13.1. The Morgan fingerprint density at radius 2 is 1.96 bits per heavy atom. The Kier molecular flexibility index (Phi) is 4.73. The molecular weight excluding hydrogens is 364 g/mol. The third-order valence-electron chi connectivity index (χ3n) is 4.63. The Morgan fingerprint density at radius 3 is 2.63 bits per heavy atom. The number of hydrogen-bond donors (Lipinski definition) is 1. The van der Waals surface area contributed by atoms with Crippen LogP contribution in [-0.2, 0) is 4.79 Å². The minimum absolute atomic E-state index is 0.374. The van der Waals surface area contributed by atoms with Crippen molar-refractivity contribution in [2.45, 2.75) is 6.42 Å². The Morgan fingerprint density at radius 1 is 1.15 bits per heavy atom. The van der Waals surface area contributed by atoms with Crippen molar-refractivity contribution in [3.63, 3.8) is 0 Å². The van der Waals surface area contributed by atoms with Gasteiger partial charge in [-0.25, -0.2) is 9.97 Å². The van der Waals surface area contributed by atoms with Crippen LogP contribution >= 0.6 is 11.6 Å². The van der Waals surface area contributed by atoms with Gasteiger partial charge in [-0.2, -0.15) is 0 Å². The highest BCUT2D eigenvalue weighted by molar-refractivity contribution is 6.30. The minimum atomic E-state index is -0.767. The van der Waals surface area contributed by atoms with Crippen molar-refractivity contribution in [3.05, 3.63) is 59.9 Å². The molecule has 0 radical (unpaired) electrons. The molecule has 6 nitrogen and oxygen atoms in total. The Labute approximate surface area is 161 Å². The van der Waals surface area contributed by atoms with E-state index in [0.29, 0.717) is 30.4 Å². The van der Waals surface area contributed by atoms with Gasteiger partial charge < -0.3 is 10.0 Å². The zero-order chi connectivity index (χ0) is 18.8. The standard InChI is InChI=1S/C20H17ClN4O2/c21-16-5-3-13(4-6-16)17-10-18(25-9-7-15(12-25)20(26)27)24-19(23-17)14-2-1-8-22-11-14/h1-6,8,10-11,15H,7,9,12H2,(H,26,27). The molecule has 136 valence electrons. The van der Waals surface area contributed by atoms with E-state index in [4.69, 9.17) is 16.6 Å². The van der Waals surface area contributed by atoms with Crippen LogP contribution < -0.4 is 4.90 Å². The first kappa shape index (κ1) is 17.4. The molecule has 0 bridgehead atoms. The van der Waals surface area contributed by atoms with Gasteiger partial charge in [-0.1, -0.05) is 23.7 Å². The number of halogens is 1. The molecule has 7 heteroatoms. The van der Waals surface area contributed by atoms with E-state index in [1.165, 1.54) is 0 Å². The number of carbonyl (C=O) groups is 1. The average molecular weight is 381 g/mol. The van der Waals surface area contributed by atoms with E-state index >= 15 is 0 Å². The molecule has 1 aromatic carbocycles. The van der Waals surface area contributed by atoms with Crippen LogP contribution in [0.4, 0.5) is 5.82 Å². The van der Waals surface area contributed by atoms with Gasteiger partial charge in [0.15, 0.2) is 5.82 Å². The molecule has 0 aliphatic carbocycles. The fraction of sp³-hybridized carbons (Fsp3) is 0.200. The number of aliphatic carboxylic acids is 1. The van der Waals surface area contributed by atoms with E-state index < -0.39 is 5.97 Å². The molecule has 1 aliphatic rings. The highest BCUT2D eigenvalue weighted by atomic mass is 35.5. The van der Waals surface area contributed by atoms with E-state index in [1.807, 2.05) is 47.4 Å². The lowest BCUT2D eigenvalue weighted by molar-refractivity contribution is -0.140. The lowest BCUT2D eigenvalue weighted by Gasteiger charge is -2.18. The summed E-state index contributed by atoms with van der Waals surface area (Å²) >= 11 is 6.00. The highest BCUT2D eigenvalue weighted by Gasteiger charge is 2.29. The summed E-state index contributed by atoms with van der Waals surface area (Å²) in [5, 5.41) is 9.95. The number of pyridine rings is 1. The monoisotopic (exact) mass is 380 g/mol. The maximum absolute atomic E-state index is 11.3. The van der Waals surface area contributed by atoms with Crippen LogP contribution in [0.25, 0.3) is 22.6 Å².